The van der Waals surface area contributed by atoms with Gasteiger partial charge in [0.1, 0.15) is 12.7 Å². The van der Waals surface area contributed by atoms with Crippen molar-refractivity contribution in [3.63, 3.8) is 0 Å². The van der Waals surface area contributed by atoms with Gasteiger partial charge >= 0.3 is 0 Å². The first-order valence-corrected chi connectivity index (χ1v) is 10.1. The maximum absolute atomic E-state index is 12.7. The van der Waals surface area contributed by atoms with E-state index in [1.165, 1.54) is 11.9 Å². The molecule has 0 aliphatic heterocycles. The molecule has 1 aromatic heterocycles. The number of aryl methyl sites for hydroxylation is 2. The Morgan fingerprint density at radius 1 is 1.08 bits per heavy atom. The van der Waals surface area contributed by atoms with Crippen LogP contribution in [0.2, 0.25) is 0 Å². The van der Waals surface area contributed by atoms with E-state index >= 15 is 0 Å². The summed E-state index contributed by atoms with van der Waals surface area (Å²) in [6.07, 6.45) is 6.19. The van der Waals surface area contributed by atoms with Crippen LogP contribution in [-0.4, -0.2) is 23.2 Å². The van der Waals surface area contributed by atoms with E-state index in [0.717, 1.165) is 36.1 Å². The summed E-state index contributed by atoms with van der Waals surface area (Å²) < 4.78 is 29.9. The van der Waals surface area contributed by atoms with Gasteiger partial charge in [0.05, 0.1) is 10.6 Å². The third kappa shape index (κ3) is 3.27. The molecule has 4 rings (SSSR count). The molecule has 1 N–H and O–H groups in total. The van der Waals surface area contributed by atoms with Gasteiger partial charge < -0.3 is 0 Å². The number of rotatable bonds is 5. The van der Waals surface area contributed by atoms with Crippen LogP contribution in [-0.2, 0) is 22.9 Å². The fourth-order valence-corrected chi connectivity index (χ4v) is 4.62. The minimum Gasteiger partial charge on any atom is -0.223 e. The molecule has 6 nitrogen and oxygen atoms in total. The van der Waals surface area contributed by atoms with Gasteiger partial charge in [0.2, 0.25) is 10.0 Å². The zero-order valence-electron chi connectivity index (χ0n) is 14.5. The topological polar surface area (TPSA) is 76.9 Å². The molecule has 1 heterocycles. The molecule has 0 spiro atoms. The van der Waals surface area contributed by atoms with Crippen LogP contribution in [0.25, 0.3) is 5.69 Å². The predicted octanol–water partition coefficient (Wildman–Crippen LogP) is 2.80. The van der Waals surface area contributed by atoms with Gasteiger partial charge in [-0.1, -0.05) is 18.2 Å². The van der Waals surface area contributed by atoms with E-state index in [0.29, 0.717) is 4.90 Å². The predicted molar refractivity (Wildman–Crippen MR) is 98.6 cm³/mol. The Kier molecular flexibility index (Phi) is 4.34. The maximum atomic E-state index is 12.7. The van der Waals surface area contributed by atoms with Crippen molar-refractivity contribution in [2.75, 3.05) is 0 Å². The van der Waals surface area contributed by atoms with E-state index in [2.05, 4.69) is 14.8 Å². The van der Waals surface area contributed by atoms with Gasteiger partial charge in [0.25, 0.3) is 0 Å². The van der Waals surface area contributed by atoms with Gasteiger partial charge in [0.15, 0.2) is 0 Å². The summed E-state index contributed by atoms with van der Waals surface area (Å²) in [5.74, 6) is 0. The average Bonchev–Trinajstić information content (AvgIpc) is 3.32. The summed E-state index contributed by atoms with van der Waals surface area (Å²) in [7, 11) is -3.56. The first-order valence-electron chi connectivity index (χ1n) is 8.62. The molecule has 1 aliphatic carbocycles. The van der Waals surface area contributed by atoms with Crippen molar-refractivity contribution < 1.29 is 8.42 Å². The van der Waals surface area contributed by atoms with Gasteiger partial charge in [-0.25, -0.2) is 22.8 Å². The van der Waals surface area contributed by atoms with E-state index < -0.39 is 10.0 Å². The van der Waals surface area contributed by atoms with Gasteiger partial charge in [-0.05, 0) is 67.1 Å². The van der Waals surface area contributed by atoms with Crippen molar-refractivity contribution in [1.29, 1.82) is 0 Å². The second-order valence-corrected chi connectivity index (χ2v) is 8.27. The number of nitrogens with zero attached hydrogens (tertiary/aromatic N) is 3. The van der Waals surface area contributed by atoms with Crippen molar-refractivity contribution >= 4 is 10.0 Å². The number of benzene rings is 2. The fourth-order valence-electron chi connectivity index (χ4n) is 3.34. The van der Waals surface area contributed by atoms with Crippen LogP contribution in [0, 0.1) is 0 Å². The van der Waals surface area contributed by atoms with Crippen molar-refractivity contribution in [2.45, 2.75) is 37.1 Å². The molecular formula is C19H20N4O2S. The second kappa shape index (κ2) is 6.66. The Balaban J connectivity index is 1.52. The molecule has 2 aromatic carbocycles. The molecule has 7 heteroatoms. The molecule has 1 aliphatic rings. The number of nitrogens with one attached hydrogen (secondary N) is 1. The molecule has 0 saturated carbocycles. The molecule has 1 atom stereocenters. The summed E-state index contributed by atoms with van der Waals surface area (Å²) in [4.78, 5) is 4.26. The molecule has 1 unspecified atom stereocenters. The van der Waals surface area contributed by atoms with Gasteiger partial charge in [-0.3, -0.25) is 0 Å². The van der Waals surface area contributed by atoms with E-state index in [4.69, 9.17) is 0 Å². The van der Waals surface area contributed by atoms with Crippen LogP contribution in [0.3, 0.4) is 0 Å². The first-order chi connectivity index (χ1) is 12.5. The highest BCUT2D eigenvalue weighted by molar-refractivity contribution is 7.89. The monoisotopic (exact) mass is 368 g/mol. The van der Waals surface area contributed by atoms with Crippen molar-refractivity contribution in [3.8, 4) is 5.69 Å². The fraction of sp³-hybridized carbons (Fsp3) is 0.263. The lowest BCUT2D eigenvalue weighted by molar-refractivity contribution is 0.567. The summed E-state index contributed by atoms with van der Waals surface area (Å²) in [5, 5.41) is 4.08. The van der Waals surface area contributed by atoms with Gasteiger partial charge in [-0.15, -0.1) is 0 Å². The minimum absolute atomic E-state index is 0.335. The Morgan fingerprint density at radius 2 is 1.85 bits per heavy atom. The van der Waals surface area contributed by atoms with Gasteiger partial charge in [-0.2, -0.15) is 5.10 Å². The third-order valence-electron chi connectivity index (χ3n) is 4.79. The van der Waals surface area contributed by atoms with Crippen LogP contribution < -0.4 is 4.72 Å². The normalized spacial score (nSPS) is 15.0. The Bertz CT molecular complexity index is 1010. The summed E-state index contributed by atoms with van der Waals surface area (Å²) in [5.41, 5.74) is 4.18. The highest BCUT2D eigenvalue weighted by atomic mass is 32.2. The SMILES string of the molecule is CC(NS(=O)(=O)c1ccc2c(c1)CCC2)c1ccc(-n2cncn2)cc1. The number of aromatic nitrogens is 3. The lowest BCUT2D eigenvalue weighted by atomic mass is 10.1. The Labute approximate surface area is 153 Å². The van der Waals surface area contributed by atoms with Crippen molar-refractivity contribution in [3.05, 3.63) is 71.8 Å². The highest BCUT2D eigenvalue weighted by Crippen LogP contribution is 2.25. The zero-order valence-corrected chi connectivity index (χ0v) is 15.3. The van der Waals surface area contributed by atoms with E-state index in [1.54, 1.807) is 17.1 Å². The summed E-state index contributed by atoms with van der Waals surface area (Å²) in [6, 6.07) is 12.7. The highest BCUT2D eigenvalue weighted by Gasteiger charge is 2.21. The van der Waals surface area contributed by atoms with E-state index in [9.17, 15) is 8.42 Å². The lowest BCUT2D eigenvalue weighted by Crippen LogP contribution is -2.27. The zero-order chi connectivity index (χ0) is 18.1. The third-order valence-corrected chi connectivity index (χ3v) is 6.33. The van der Waals surface area contributed by atoms with E-state index in [1.807, 2.05) is 43.3 Å². The van der Waals surface area contributed by atoms with Crippen LogP contribution in [0.5, 0.6) is 0 Å². The average molecular weight is 368 g/mol. The van der Waals surface area contributed by atoms with Crippen molar-refractivity contribution in [1.82, 2.24) is 19.5 Å². The molecule has 26 heavy (non-hydrogen) atoms. The van der Waals surface area contributed by atoms with Crippen LogP contribution in [0.15, 0.2) is 60.0 Å². The van der Waals surface area contributed by atoms with Crippen molar-refractivity contribution in [2.24, 2.45) is 0 Å². The van der Waals surface area contributed by atoms with Crippen LogP contribution in [0.4, 0.5) is 0 Å². The second-order valence-electron chi connectivity index (χ2n) is 6.56. The lowest BCUT2D eigenvalue weighted by Gasteiger charge is -2.16. The molecule has 0 bridgehead atoms. The standard InChI is InChI=1S/C19H20N4O2S/c1-14(15-5-8-18(9-6-15)23-13-20-12-21-23)22-26(24,25)19-10-7-16-3-2-4-17(16)11-19/h5-14,22H,2-4H2,1H3. The molecular weight excluding hydrogens is 348 g/mol. The Morgan fingerprint density at radius 3 is 2.58 bits per heavy atom. The van der Waals surface area contributed by atoms with E-state index in [-0.39, 0.29) is 6.04 Å². The number of hydrogen-bond acceptors (Lipinski definition) is 4. The summed E-state index contributed by atoms with van der Waals surface area (Å²) in [6.45, 7) is 1.84. The number of fused-ring (bicyclic) bond motifs is 1. The molecule has 134 valence electrons. The molecule has 0 radical (unpaired) electrons. The quantitative estimate of drug-likeness (QED) is 0.751. The maximum Gasteiger partial charge on any atom is 0.241 e. The van der Waals surface area contributed by atoms with Gasteiger partial charge in [0, 0.05) is 6.04 Å². The molecule has 0 amide bonds. The number of hydrogen-bond donors (Lipinski definition) is 1. The Hall–Kier alpha value is -2.51. The van der Waals surface area contributed by atoms with Crippen LogP contribution >= 0.6 is 0 Å². The molecule has 0 saturated heterocycles. The largest absolute Gasteiger partial charge is 0.241 e. The number of sulfonamides is 1. The molecule has 3 aromatic rings. The minimum atomic E-state index is -3.56. The first kappa shape index (κ1) is 16.9. The van der Waals surface area contributed by atoms with Crippen LogP contribution in [0.1, 0.15) is 36.1 Å². The smallest absolute Gasteiger partial charge is 0.223 e. The summed E-state index contributed by atoms with van der Waals surface area (Å²) >= 11 is 0. The molecule has 0 fully saturated rings.